The largest absolute Gasteiger partial charge is 0.416 e. The van der Waals surface area contributed by atoms with E-state index in [4.69, 9.17) is 0 Å². The van der Waals surface area contributed by atoms with E-state index in [9.17, 15) is 18.0 Å². The van der Waals surface area contributed by atoms with Crippen LogP contribution in [-0.4, -0.2) is 38.8 Å². The number of nitrogens with one attached hydrogen (secondary N) is 3. The van der Waals surface area contributed by atoms with Gasteiger partial charge in [-0.1, -0.05) is 12.1 Å². The van der Waals surface area contributed by atoms with Gasteiger partial charge in [0.2, 0.25) is 5.91 Å². The first-order valence-corrected chi connectivity index (χ1v) is 11.4. The second-order valence-corrected chi connectivity index (χ2v) is 8.99. The van der Waals surface area contributed by atoms with Gasteiger partial charge in [0.25, 0.3) is 0 Å². The summed E-state index contributed by atoms with van der Waals surface area (Å²) in [5.41, 5.74) is 2.69. The third-order valence-corrected chi connectivity index (χ3v) is 6.62. The first-order chi connectivity index (χ1) is 16.3. The Morgan fingerprint density at radius 1 is 1.18 bits per heavy atom. The van der Waals surface area contributed by atoms with Crippen LogP contribution < -0.4 is 5.32 Å². The highest BCUT2D eigenvalue weighted by Gasteiger charge is 2.31. The maximum atomic E-state index is 13.1. The number of benzene rings is 2. The summed E-state index contributed by atoms with van der Waals surface area (Å²) in [6, 6.07) is 11.3. The van der Waals surface area contributed by atoms with E-state index in [2.05, 4.69) is 25.2 Å². The highest BCUT2D eigenvalue weighted by Crippen LogP contribution is 2.33. The number of imidazole rings is 1. The maximum Gasteiger partial charge on any atom is 0.416 e. The Bertz CT molecular complexity index is 1280. The normalized spacial score (nSPS) is 16.8. The fourth-order valence-electron chi connectivity index (χ4n) is 4.66. The molecule has 34 heavy (non-hydrogen) atoms. The molecule has 1 fully saturated rings. The molecule has 3 heterocycles. The SMILES string of the molecule is CC(NC(=O)C1CCN(Cc2c[nH]c3ccc(C(F)(F)F)cc23)CC1)c1nc2ccccc2[nH]1. The number of hydrogen-bond donors (Lipinski definition) is 3. The van der Waals surface area contributed by atoms with E-state index in [1.807, 2.05) is 31.2 Å². The molecule has 0 saturated carbocycles. The summed E-state index contributed by atoms with van der Waals surface area (Å²) in [4.78, 5) is 25.9. The number of rotatable bonds is 5. The van der Waals surface area contributed by atoms with Crippen LogP contribution in [0.3, 0.4) is 0 Å². The average Bonchev–Trinajstić information content (AvgIpc) is 3.43. The molecule has 4 aromatic rings. The van der Waals surface area contributed by atoms with Crippen LogP contribution in [0.2, 0.25) is 0 Å². The van der Waals surface area contributed by atoms with Gasteiger partial charge >= 0.3 is 6.18 Å². The molecule has 178 valence electrons. The highest BCUT2D eigenvalue weighted by molar-refractivity contribution is 5.84. The lowest BCUT2D eigenvalue weighted by molar-refractivity contribution is -0.137. The van der Waals surface area contributed by atoms with Gasteiger partial charge in [0.1, 0.15) is 5.82 Å². The number of carbonyl (C=O) groups is 1. The zero-order valence-corrected chi connectivity index (χ0v) is 18.7. The molecule has 1 unspecified atom stereocenters. The number of hydrogen-bond acceptors (Lipinski definition) is 3. The molecule has 2 aromatic heterocycles. The van der Waals surface area contributed by atoms with Crippen molar-refractivity contribution in [2.75, 3.05) is 13.1 Å². The predicted molar refractivity (Wildman–Crippen MR) is 124 cm³/mol. The Morgan fingerprint density at radius 2 is 1.94 bits per heavy atom. The summed E-state index contributed by atoms with van der Waals surface area (Å²) in [5.74, 6) is 0.641. The second-order valence-electron chi connectivity index (χ2n) is 8.99. The van der Waals surface area contributed by atoms with Crippen molar-refractivity contribution in [3.63, 3.8) is 0 Å². The summed E-state index contributed by atoms with van der Waals surface area (Å²) in [5, 5.41) is 3.66. The number of amides is 1. The van der Waals surface area contributed by atoms with E-state index in [-0.39, 0.29) is 17.9 Å². The highest BCUT2D eigenvalue weighted by atomic mass is 19.4. The Labute approximate surface area is 194 Å². The van der Waals surface area contributed by atoms with E-state index in [1.165, 1.54) is 12.1 Å². The van der Waals surface area contributed by atoms with E-state index < -0.39 is 11.7 Å². The van der Waals surface area contributed by atoms with Crippen molar-refractivity contribution in [2.45, 2.75) is 38.5 Å². The Balaban J connectivity index is 1.18. The number of nitrogens with zero attached hydrogens (tertiary/aromatic N) is 2. The van der Waals surface area contributed by atoms with Gasteiger partial charge in [0.05, 0.1) is 22.6 Å². The van der Waals surface area contributed by atoms with Crippen LogP contribution in [0.4, 0.5) is 13.2 Å². The average molecular weight is 470 g/mol. The fourth-order valence-corrected chi connectivity index (χ4v) is 4.66. The molecule has 1 atom stereocenters. The smallest absolute Gasteiger partial charge is 0.361 e. The minimum Gasteiger partial charge on any atom is -0.361 e. The van der Waals surface area contributed by atoms with Crippen molar-refractivity contribution in [3.8, 4) is 0 Å². The molecule has 1 aliphatic rings. The third-order valence-electron chi connectivity index (χ3n) is 6.62. The first-order valence-electron chi connectivity index (χ1n) is 11.4. The number of aromatic nitrogens is 3. The molecule has 0 aliphatic carbocycles. The van der Waals surface area contributed by atoms with Gasteiger partial charge in [-0.3, -0.25) is 9.69 Å². The van der Waals surface area contributed by atoms with Crippen LogP contribution in [0.15, 0.2) is 48.7 Å². The number of aromatic amines is 2. The Morgan fingerprint density at radius 3 is 2.68 bits per heavy atom. The van der Waals surface area contributed by atoms with Gasteiger partial charge in [0.15, 0.2) is 0 Å². The Kier molecular flexibility index (Phi) is 5.81. The van der Waals surface area contributed by atoms with Crippen molar-refractivity contribution in [3.05, 3.63) is 65.6 Å². The van der Waals surface area contributed by atoms with Crippen molar-refractivity contribution < 1.29 is 18.0 Å². The second kappa shape index (κ2) is 8.79. The third kappa shape index (κ3) is 4.52. The van der Waals surface area contributed by atoms with Crippen LogP contribution in [0.5, 0.6) is 0 Å². The lowest BCUT2D eigenvalue weighted by atomic mass is 9.95. The molecular formula is C25H26F3N5O. The summed E-state index contributed by atoms with van der Waals surface area (Å²) in [6.45, 7) is 3.88. The number of likely N-dealkylation sites (tertiary alicyclic amines) is 1. The number of H-pyrrole nitrogens is 2. The number of halogens is 3. The van der Waals surface area contributed by atoms with Gasteiger partial charge in [0, 0.05) is 29.6 Å². The zero-order valence-electron chi connectivity index (χ0n) is 18.7. The van der Waals surface area contributed by atoms with E-state index in [0.717, 1.165) is 28.5 Å². The van der Waals surface area contributed by atoms with Crippen LogP contribution >= 0.6 is 0 Å². The van der Waals surface area contributed by atoms with E-state index in [0.29, 0.717) is 43.4 Å². The molecule has 3 N–H and O–H groups in total. The molecule has 1 aliphatic heterocycles. The van der Waals surface area contributed by atoms with Crippen LogP contribution in [0.25, 0.3) is 21.9 Å². The number of alkyl halides is 3. The molecule has 0 radical (unpaired) electrons. The molecule has 9 heteroatoms. The minimum absolute atomic E-state index is 0.00881. The van der Waals surface area contributed by atoms with Crippen LogP contribution in [0, 0.1) is 5.92 Å². The molecule has 6 nitrogen and oxygen atoms in total. The van der Waals surface area contributed by atoms with Crippen molar-refractivity contribution in [1.82, 2.24) is 25.2 Å². The van der Waals surface area contributed by atoms with E-state index in [1.54, 1.807) is 6.20 Å². The molecule has 5 rings (SSSR count). The summed E-state index contributed by atoms with van der Waals surface area (Å²) in [7, 11) is 0. The lowest BCUT2D eigenvalue weighted by Crippen LogP contribution is -2.41. The molecule has 0 bridgehead atoms. The van der Waals surface area contributed by atoms with Crippen molar-refractivity contribution >= 4 is 27.8 Å². The van der Waals surface area contributed by atoms with E-state index >= 15 is 0 Å². The molecule has 1 saturated heterocycles. The summed E-state index contributed by atoms with van der Waals surface area (Å²) >= 11 is 0. The van der Waals surface area contributed by atoms with Crippen LogP contribution in [-0.2, 0) is 17.5 Å². The summed E-state index contributed by atoms with van der Waals surface area (Å²) < 4.78 is 39.4. The first kappa shape index (κ1) is 22.5. The fraction of sp³-hybridized carbons (Fsp3) is 0.360. The van der Waals surface area contributed by atoms with Gasteiger partial charge in [-0.05, 0) is 68.8 Å². The minimum atomic E-state index is -4.37. The lowest BCUT2D eigenvalue weighted by Gasteiger charge is -2.31. The maximum absolute atomic E-state index is 13.1. The standard InChI is InChI=1S/C25H26F3N5O/c1-15(23-31-21-4-2-3-5-22(21)32-23)30-24(34)16-8-10-33(11-9-16)14-17-13-29-20-7-6-18(12-19(17)20)25(26,27)28/h2-7,12-13,15-16,29H,8-11,14H2,1H3,(H,30,34)(H,31,32). The molecule has 0 spiro atoms. The molecular weight excluding hydrogens is 443 g/mol. The zero-order chi connectivity index (χ0) is 23.9. The molecule has 2 aromatic carbocycles. The topological polar surface area (TPSA) is 76.8 Å². The van der Waals surface area contributed by atoms with Crippen LogP contribution in [0.1, 0.15) is 42.8 Å². The quantitative estimate of drug-likeness (QED) is 0.378. The number of para-hydroxylation sites is 2. The van der Waals surface area contributed by atoms with Gasteiger partial charge in [-0.2, -0.15) is 13.2 Å². The number of fused-ring (bicyclic) bond motifs is 2. The van der Waals surface area contributed by atoms with Gasteiger partial charge < -0.3 is 15.3 Å². The molecule has 1 amide bonds. The number of carbonyl (C=O) groups excluding carboxylic acids is 1. The van der Waals surface area contributed by atoms with Crippen molar-refractivity contribution in [2.24, 2.45) is 5.92 Å². The number of piperidine rings is 1. The van der Waals surface area contributed by atoms with Crippen molar-refractivity contribution in [1.29, 1.82) is 0 Å². The monoisotopic (exact) mass is 469 g/mol. The summed E-state index contributed by atoms with van der Waals surface area (Å²) in [6.07, 6.45) is -1.18. The Hall–Kier alpha value is -3.33. The van der Waals surface area contributed by atoms with Gasteiger partial charge in [-0.25, -0.2) is 4.98 Å². The van der Waals surface area contributed by atoms with Gasteiger partial charge in [-0.15, -0.1) is 0 Å². The predicted octanol–water partition coefficient (Wildman–Crippen LogP) is 5.15.